The van der Waals surface area contributed by atoms with Gasteiger partial charge in [0.25, 0.3) is 5.91 Å². The van der Waals surface area contributed by atoms with Crippen molar-refractivity contribution in [3.05, 3.63) is 70.5 Å². The summed E-state index contributed by atoms with van der Waals surface area (Å²) >= 11 is 6.05. The van der Waals surface area contributed by atoms with Crippen LogP contribution in [0.3, 0.4) is 0 Å². The Bertz CT molecular complexity index is 601. The Labute approximate surface area is 122 Å². The van der Waals surface area contributed by atoms with Crippen molar-refractivity contribution in [3.8, 4) is 0 Å². The van der Waals surface area contributed by atoms with Crippen molar-refractivity contribution in [3.63, 3.8) is 0 Å². The molecule has 0 saturated carbocycles. The monoisotopic (exact) mass is 291 g/mol. The molecule has 0 radical (unpaired) electrons. The summed E-state index contributed by atoms with van der Waals surface area (Å²) in [5.41, 5.74) is 1.12. The second kappa shape index (κ2) is 7.06. The molecule has 0 bridgehead atoms. The molecule has 2 nitrogen and oxygen atoms in total. The van der Waals surface area contributed by atoms with Crippen molar-refractivity contribution >= 4 is 17.5 Å². The average molecular weight is 292 g/mol. The lowest BCUT2D eigenvalue weighted by atomic mass is 10.1. The van der Waals surface area contributed by atoms with Crippen molar-refractivity contribution in [2.45, 2.75) is 12.8 Å². The number of halogens is 2. The van der Waals surface area contributed by atoms with Crippen LogP contribution in [0, 0.1) is 5.82 Å². The van der Waals surface area contributed by atoms with Gasteiger partial charge in [-0.1, -0.05) is 41.9 Å². The molecule has 0 aromatic heterocycles. The third-order valence-corrected chi connectivity index (χ3v) is 3.35. The van der Waals surface area contributed by atoms with E-state index in [0.29, 0.717) is 6.54 Å². The molecule has 4 heteroatoms. The van der Waals surface area contributed by atoms with E-state index < -0.39 is 5.82 Å². The van der Waals surface area contributed by atoms with E-state index in [1.165, 1.54) is 12.1 Å². The number of rotatable bonds is 5. The number of aryl methyl sites for hydroxylation is 1. The van der Waals surface area contributed by atoms with Gasteiger partial charge in [-0.25, -0.2) is 4.39 Å². The van der Waals surface area contributed by atoms with E-state index in [0.717, 1.165) is 23.4 Å². The number of hydrogen-bond acceptors (Lipinski definition) is 1. The molecular formula is C16H15ClFNO. The first kappa shape index (κ1) is 14.5. The summed E-state index contributed by atoms with van der Waals surface area (Å²) in [5.74, 6) is -0.890. The van der Waals surface area contributed by atoms with Crippen molar-refractivity contribution < 1.29 is 9.18 Å². The van der Waals surface area contributed by atoms with E-state index in [4.69, 9.17) is 11.6 Å². The average Bonchev–Trinajstić information content (AvgIpc) is 2.45. The van der Waals surface area contributed by atoms with Crippen molar-refractivity contribution in [1.29, 1.82) is 0 Å². The molecule has 0 saturated heterocycles. The predicted octanol–water partition coefficient (Wildman–Crippen LogP) is 3.84. The molecule has 0 fully saturated rings. The molecule has 0 aliphatic rings. The van der Waals surface area contributed by atoms with E-state index in [1.807, 2.05) is 24.3 Å². The second-order valence-electron chi connectivity index (χ2n) is 4.43. The lowest BCUT2D eigenvalue weighted by Gasteiger charge is -2.07. The third kappa shape index (κ3) is 3.81. The minimum absolute atomic E-state index is 0.0743. The van der Waals surface area contributed by atoms with Gasteiger partial charge in [0, 0.05) is 11.6 Å². The van der Waals surface area contributed by atoms with Crippen LogP contribution in [0.25, 0.3) is 0 Å². The molecule has 0 aliphatic carbocycles. The zero-order valence-electron chi connectivity index (χ0n) is 10.9. The lowest BCUT2D eigenvalue weighted by molar-refractivity contribution is 0.0949. The van der Waals surface area contributed by atoms with E-state index in [-0.39, 0.29) is 11.5 Å². The molecule has 0 aliphatic heterocycles. The first-order valence-electron chi connectivity index (χ1n) is 6.44. The van der Waals surface area contributed by atoms with E-state index in [9.17, 15) is 9.18 Å². The fourth-order valence-electron chi connectivity index (χ4n) is 1.92. The van der Waals surface area contributed by atoms with Crippen LogP contribution >= 0.6 is 11.6 Å². The fraction of sp³-hybridized carbons (Fsp3) is 0.188. The summed E-state index contributed by atoms with van der Waals surface area (Å²) in [6.07, 6.45) is 1.53. The van der Waals surface area contributed by atoms with Crippen LogP contribution in [0.15, 0.2) is 48.5 Å². The van der Waals surface area contributed by atoms with Crippen LogP contribution in [0.2, 0.25) is 5.02 Å². The number of benzene rings is 2. The fourth-order valence-corrected chi connectivity index (χ4v) is 2.15. The standard InChI is InChI=1S/C16H15ClFNO/c17-14-9-3-1-6-12(14)7-5-11-19-16(20)13-8-2-4-10-15(13)18/h1-4,6,8-10H,5,7,11H2,(H,19,20). The van der Waals surface area contributed by atoms with E-state index in [1.54, 1.807) is 12.1 Å². The summed E-state index contributed by atoms with van der Waals surface area (Å²) in [7, 11) is 0. The maximum atomic E-state index is 13.4. The first-order chi connectivity index (χ1) is 9.68. The van der Waals surface area contributed by atoms with Gasteiger partial charge in [0.2, 0.25) is 0 Å². The van der Waals surface area contributed by atoms with Crippen LogP contribution in [0.1, 0.15) is 22.3 Å². The van der Waals surface area contributed by atoms with Gasteiger partial charge < -0.3 is 5.32 Å². The van der Waals surface area contributed by atoms with Crippen molar-refractivity contribution in [2.24, 2.45) is 0 Å². The zero-order valence-corrected chi connectivity index (χ0v) is 11.7. The Balaban J connectivity index is 1.81. The van der Waals surface area contributed by atoms with Gasteiger partial charge in [-0.05, 0) is 36.6 Å². The minimum Gasteiger partial charge on any atom is -0.352 e. The normalized spacial score (nSPS) is 10.3. The second-order valence-corrected chi connectivity index (χ2v) is 4.84. The Kier molecular flexibility index (Phi) is 5.13. The molecule has 2 aromatic carbocycles. The van der Waals surface area contributed by atoms with Gasteiger partial charge in [-0.3, -0.25) is 4.79 Å². The molecular weight excluding hydrogens is 277 g/mol. The maximum absolute atomic E-state index is 13.4. The van der Waals surface area contributed by atoms with Gasteiger partial charge in [-0.15, -0.1) is 0 Å². The zero-order chi connectivity index (χ0) is 14.4. The highest BCUT2D eigenvalue weighted by molar-refractivity contribution is 6.31. The summed E-state index contributed by atoms with van der Waals surface area (Å²) in [6, 6.07) is 13.6. The third-order valence-electron chi connectivity index (χ3n) is 2.98. The van der Waals surface area contributed by atoms with Crippen LogP contribution in [-0.4, -0.2) is 12.5 Å². The Hall–Kier alpha value is -1.87. The topological polar surface area (TPSA) is 29.1 Å². The predicted molar refractivity (Wildman–Crippen MR) is 78.5 cm³/mol. The van der Waals surface area contributed by atoms with Gasteiger partial charge in [-0.2, -0.15) is 0 Å². The highest BCUT2D eigenvalue weighted by Crippen LogP contribution is 2.16. The number of carbonyl (C=O) groups excluding carboxylic acids is 1. The molecule has 2 rings (SSSR count). The number of hydrogen-bond donors (Lipinski definition) is 1. The molecule has 0 atom stereocenters. The van der Waals surface area contributed by atoms with Crippen LogP contribution in [0.4, 0.5) is 4.39 Å². The summed E-state index contributed by atoms with van der Waals surface area (Å²) in [5, 5.41) is 3.44. The number of carbonyl (C=O) groups is 1. The van der Waals surface area contributed by atoms with Crippen molar-refractivity contribution in [1.82, 2.24) is 5.32 Å². The van der Waals surface area contributed by atoms with Gasteiger partial charge in [0.15, 0.2) is 0 Å². The van der Waals surface area contributed by atoms with Crippen molar-refractivity contribution in [2.75, 3.05) is 6.54 Å². The largest absolute Gasteiger partial charge is 0.352 e. The number of amides is 1. The molecule has 20 heavy (non-hydrogen) atoms. The highest BCUT2D eigenvalue weighted by atomic mass is 35.5. The quantitative estimate of drug-likeness (QED) is 0.833. The summed E-state index contributed by atoms with van der Waals surface area (Å²) in [6.45, 7) is 0.485. The van der Waals surface area contributed by atoms with Gasteiger partial charge >= 0.3 is 0 Å². The molecule has 0 spiro atoms. The number of nitrogens with one attached hydrogen (secondary N) is 1. The maximum Gasteiger partial charge on any atom is 0.254 e. The van der Waals surface area contributed by atoms with Crippen LogP contribution < -0.4 is 5.32 Å². The van der Waals surface area contributed by atoms with E-state index in [2.05, 4.69) is 5.32 Å². The van der Waals surface area contributed by atoms with Crippen LogP contribution in [-0.2, 0) is 6.42 Å². The first-order valence-corrected chi connectivity index (χ1v) is 6.82. The van der Waals surface area contributed by atoms with Gasteiger partial charge in [0.1, 0.15) is 5.82 Å². The molecule has 1 N–H and O–H groups in total. The summed E-state index contributed by atoms with van der Waals surface area (Å²) in [4.78, 5) is 11.8. The Morgan fingerprint density at radius 3 is 2.55 bits per heavy atom. The molecule has 2 aromatic rings. The van der Waals surface area contributed by atoms with Gasteiger partial charge in [0.05, 0.1) is 5.56 Å². The molecule has 0 heterocycles. The Morgan fingerprint density at radius 2 is 1.80 bits per heavy atom. The molecule has 0 unspecified atom stereocenters. The summed E-state index contributed by atoms with van der Waals surface area (Å²) < 4.78 is 13.4. The lowest BCUT2D eigenvalue weighted by Crippen LogP contribution is -2.25. The highest BCUT2D eigenvalue weighted by Gasteiger charge is 2.09. The minimum atomic E-state index is -0.504. The Morgan fingerprint density at radius 1 is 1.10 bits per heavy atom. The van der Waals surface area contributed by atoms with Crippen LogP contribution in [0.5, 0.6) is 0 Å². The molecule has 104 valence electrons. The van der Waals surface area contributed by atoms with E-state index >= 15 is 0 Å². The molecule has 1 amide bonds. The SMILES string of the molecule is O=C(NCCCc1ccccc1Cl)c1ccccc1F. The smallest absolute Gasteiger partial charge is 0.254 e.